The number of likely N-dealkylation sites (tertiary alicyclic amines) is 2. The Hall–Kier alpha value is -2.99. The summed E-state index contributed by atoms with van der Waals surface area (Å²) >= 11 is 0. The lowest BCUT2D eigenvalue weighted by molar-refractivity contribution is -0.143. The topological polar surface area (TPSA) is 60.9 Å². The summed E-state index contributed by atoms with van der Waals surface area (Å²) in [5.41, 5.74) is 1.44. The van der Waals surface area contributed by atoms with Crippen molar-refractivity contribution in [3.05, 3.63) is 71.3 Å². The minimum absolute atomic E-state index is 0.00229. The van der Waals surface area contributed by atoms with Crippen LogP contribution in [0.1, 0.15) is 55.7 Å². The Kier molecular flexibility index (Phi) is 7.70. The highest BCUT2D eigenvalue weighted by atomic mass is 16.2. The first-order chi connectivity index (χ1) is 16.8. The molecule has 2 fully saturated rings. The summed E-state index contributed by atoms with van der Waals surface area (Å²) in [6.07, 6.45) is 3.41. The zero-order valence-corrected chi connectivity index (χ0v) is 21.2. The monoisotopic (exact) mass is 475 g/mol. The Labute approximate surface area is 208 Å². The van der Waals surface area contributed by atoms with Gasteiger partial charge in [0.05, 0.1) is 12.0 Å². The van der Waals surface area contributed by atoms with Gasteiger partial charge in [-0.2, -0.15) is 0 Å². The molecule has 2 heterocycles. The molecule has 4 rings (SSSR count). The lowest BCUT2D eigenvalue weighted by atomic mass is 9.74. The van der Waals surface area contributed by atoms with Crippen LogP contribution in [0.2, 0.25) is 0 Å². The molecule has 2 aromatic rings. The van der Waals surface area contributed by atoms with Gasteiger partial charge in [-0.1, -0.05) is 54.6 Å². The highest BCUT2D eigenvalue weighted by Gasteiger charge is 2.54. The van der Waals surface area contributed by atoms with E-state index in [0.29, 0.717) is 12.6 Å². The van der Waals surface area contributed by atoms with E-state index in [1.165, 1.54) is 17.7 Å². The largest absolute Gasteiger partial charge is 0.346 e. The molecule has 186 valence electrons. The number of aryl methyl sites for hydroxylation is 1. The van der Waals surface area contributed by atoms with E-state index in [2.05, 4.69) is 11.8 Å². The molecule has 2 aliphatic heterocycles. The summed E-state index contributed by atoms with van der Waals surface area (Å²) in [6, 6.07) is 17.6. The second-order valence-electron chi connectivity index (χ2n) is 10.2. The third kappa shape index (κ3) is 5.32. The van der Waals surface area contributed by atoms with Crippen molar-refractivity contribution in [2.24, 2.45) is 0 Å². The molecule has 2 aromatic carbocycles. The Morgan fingerprint density at radius 2 is 1.69 bits per heavy atom. The van der Waals surface area contributed by atoms with Crippen molar-refractivity contribution in [3.63, 3.8) is 0 Å². The molecule has 3 amide bonds. The molecule has 0 bridgehead atoms. The van der Waals surface area contributed by atoms with Gasteiger partial charge in [0.25, 0.3) is 0 Å². The summed E-state index contributed by atoms with van der Waals surface area (Å²) in [6.45, 7) is 7.28. The van der Waals surface area contributed by atoms with Gasteiger partial charge in [-0.25, -0.2) is 0 Å². The van der Waals surface area contributed by atoms with E-state index in [-0.39, 0.29) is 37.1 Å². The van der Waals surface area contributed by atoms with Crippen LogP contribution in [-0.2, 0) is 26.3 Å². The fraction of sp³-hybridized carbons (Fsp3) is 0.483. The van der Waals surface area contributed by atoms with Crippen molar-refractivity contribution in [2.45, 2.75) is 64.0 Å². The van der Waals surface area contributed by atoms with Crippen LogP contribution in [0.25, 0.3) is 0 Å². The Morgan fingerprint density at radius 1 is 1.03 bits per heavy atom. The Balaban J connectivity index is 1.54. The smallest absolute Gasteiger partial charge is 0.241 e. The predicted octanol–water partition coefficient (Wildman–Crippen LogP) is 3.91. The maximum Gasteiger partial charge on any atom is 0.241 e. The maximum absolute atomic E-state index is 13.9. The molecule has 2 aliphatic rings. The Bertz CT molecular complexity index is 1060. The molecule has 2 saturated heterocycles. The summed E-state index contributed by atoms with van der Waals surface area (Å²) in [5.74, 6) is -0.586. The summed E-state index contributed by atoms with van der Waals surface area (Å²) in [7, 11) is 1.81. The van der Waals surface area contributed by atoms with Crippen molar-refractivity contribution in [1.29, 1.82) is 0 Å². The van der Waals surface area contributed by atoms with E-state index in [9.17, 15) is 14.4 Å². The number of amides is 3. The molecule has 0 unspecified atom stereocenters. The number of hydrogen-bond donors (Lipinski definition) is 0. The average molecular weight is 476 g/mol. The second kappa shape index (κ2) is 10.7. The van der Waals surface area contributed by atoms with Gasteiger partial charge in [0.1, 0.15) is 0 Å². The number of carbonyl (C=O) groups is 3. The molecule has 0 N–H and O–H groups in total. The van der Waals surface area contributed by atoms with E-state index in [1.54, 1.807) is 4.90 Å². The summed E-state index contributed by atoms with van der Waals surface area (Å²) in [5, 5.41) is 0. The number of rotatable bonds is 9. The van der Waals surface area contributed by atoms with Gasteiger partial charge in [-0.3, -0.25) is 19.3 Å². The zero-order chi connectivity index (χ0) is 25.0. The minimum atomic E-state index is -1.16. The van der Waals surface area contributed by atoms with E-state index < -0.39 is 5.41 Å². The first-order valence-electron chi connectivity index (χ1n) is 12.7. The van der Waals surface area contributed by atoms with Gasteiger partial charge in [0, 0.05) is 32.5 Å². The first-order valence-corrected chi connectivity index (χ1v) is 12.7. The molecule has 0 radical (unpaired) electrons. The van der Waals surface area contributed by atoms with Crippen molar-refractivity contribution in [2.75, 3.05) is 26.7 Å². The van der Waals surface area contributed by atoms with Crippen molar-refractivity contribution < 1.29 is 14.4 Å². The third-order valence-corrected chi connectivity index (χ3v) is 7.78. The van der Waals surface area contributed by atoms with Crippen LogP contribution in [-0.4, -0.2) is 65.1 Å². The van der Waals surface area contributed by atoms with Crippen LogP contribution >= 0.6 is 0 Å². The van der Waals surface area contributed by atoms with Gasteiger partial charge >= 0.3 is 0 Å². The SMILES string of the molecule is Cc1ccccc1[C@]1(CC(=O)N(C)CC[C@@H](C)N2CCCC2)CC(=O)N(Cc2ccccc2)C1=O. The number of imide groups is 1. The molecule has 6 nitrogen and oxygen atoms in total. The summed E-state index contributed by atoms with van der Waals surface area (Å²) in [4.78, 5) is 46.1. The van der Waals surface area contributed by atoms with E-state index in [1.807, 2.05) is 68.6 Å². The van der Waals surface area contributed by atoms with Crippen molar-refractivity contribution in [3.8, 4) is 0 Å². The molecule has 0 aliphatic carbocycles. The fourth-order valence-electron chi connectivity index (χ4n) is 5.54. The minimum Gasteiger partial charge on any atom is -0.346 e. The number of benzene rings is 2. The second-order valence-corrected chi connectivity index (χ2v) is 10.2. The molecular formula is C29H37N3O3. The van der Waals surface area contributed by atoms with Crippen molar-refractivity contribution in [1.82, 2.24) is 14.7 Å². The first kappa shape index (κ1) is 25.1. The van der Waals surface area contributed by atoms with Gasteiger partial charge in [-0.15, -0.1) is 0 Å². The average Bonchev–Trinajstić information content (AvgIpc) is 3.47. The van der Waals surface area contributed by atoms with Crippen LogP contribution in [0.3, 0.4) is 0 Å². The van der Waals surface area contributed by atoms with E-state index >= 15 is 0 Å². The van der Waals surface area contributed by atoms with Crippen LogP contribution in [0, 0.1) is 6.92 Å². The molecule has 6 heteroatoms. The standard InChI is InChI=1S/C29H37N3O3/c1-22-11-7-8-14-25(22)29(19-26(33)30(3)18-15-23(2)31-16-9-10-17-31)20-27(34)32(28(29)35)21-24-12-5-4-6-13-24/h4-8,11-14,23H,9-10,15-21H2,1-3H3/t23-,29+/m1/s1. The number of carbonyl (C=O) groups excluding carboxylic acids is 3. The van der Waals surface area contributed by atoms with Crippen LogP contribution < -0.4 is 0 Å². The van der Waals surface area contributed by atoms with Gasteiger partial charge in [0.2, 0.25) is 17.7 Å². The van der Waals surface area contributed by atoms with Gasteiger partial charge in [0.15, 0.2) is 0 Å². The lowest BCUT2D eigenvalue weighted by Crippen LogP contribution is -2.43. The van der Waals surface area contributed by atoms with Gasteiger partial charge < -0.3 is 9.80 Å². The van der Waals surface area contributed by atoms with Crippen LogP contribution in [0.15, 0.2) is 54.6 Å². The van der Waals surface area contributed by atoms with Gasteiger partial charge in [-0.05, 0) is 62.9 Å². The number of nitrogens with zero attached hydrogens (tertiary/aromatic N) is 3. The highest BCUT2D eigenvalue weighted by Crippen LogP contribution is 2.42. The number of hydrogen-bond acceptors (Lipinski definition) is 4. The van der Waals surface area contributed by atoms with Crippen molar-refractivity contribution >= 4 is 17.7 Å². The zero-order valence-electron chi connectivity index (χ0n) is 21.2. The normalized spacial score (nSPS) is 21.5. The maximum atomic E-state index is 13.9. The lowest BCUT2D eigenvalue weighted by Gasteiger charge is -2.31. The third-order valence-electron chi connectivity index (χ3n) is 7.78. The molecule has 0 spiro atoms. The molecule has 2 atom stereocenters. The predicted molar refractivity (Wildman–Crippen MR) is 137 cm³/mol. The molecule has 0 saturated carbocycles. The summed E-state index contributed by atoms with van der Waals surface area (Å²) < 4.78 is 0. The molecule has 0 aromatic heterocycles. The fourth-order valence-corrected chi connectivity index (χ4v) is 5.54. The van der Waals surface area contributed by atoms with Crippen LogP contribution in [0.5, 0.6) is 0 Å². The Morgan fingerprint density at radius 3 is 2.37 bits per heavy atom. The highest BCUT2D eigenvalue weighted by molar-refractivity contribution is 6.10. The quantitative estimate of drug-likeness (QED) is 0.516. The van der Waals surface area contributed by atoms with Crippen LogP contribution in [0.4, 0.5) is 0 Å². The molecule has 35 heavy (non-hydrogen) atoms. The van der Waals surface area contributed by atoms with E-state index in [4.69, 9.17) is 0 Å². The molecular weight excluding hydrogens is 438 g/mol. The van der Waals surface area contributed by atoms with E-state index in [0.717, 1.165) is 36.2 Å².